The maximum atomic E-state index is 12.3. The highest BCUT2D eigenvalue weighted by Crippen LogP contribution is 2.30. The minimum Gasteiger partial charge on any atom is -0.208 e. The summed E-state index contributed by atoms with van der Waals surface area (Å²) in [5.74, 6) is 1.10. The van der Waals surface area contributed by atoms with Crippen LogP contribution in [0.25, 0.3) is 0 Å². The smallest absolute Gasteiger partial charge is 0.208 e. The molecule has 3 nitrogen and oxygen atoms in total. The second-order valence-corrected chi connectivity index (χ2v) is 8.84. The molecule has 1 aliphatic rings. The minimum atomic E-state index is -3.38. The number of hydrogen-bond donors (Lipinski definition) is 1. The van der Waals surface area contributed by atoms with Crippen molar-refractivity contribution < 1.29 is 8.42 Å². The molecule has 1 aromatic rings. The summed E-state index contributed by atoms with van der Waals surface area (Å²) in [5.41, 5.74) is 1.07. The summed E-state index contributed by atoms with van der Waals surface area (Å²) in [6.45, 7) is 2.15. The molecule has 0 aromatic heterocycles. The number of hydrogen-bond acceptors (Lipinski definition) is 3. The first-order chi connectivity index (χ1) is 9.55. The zero-order chi connectivity index (χ0) is 14.6. The highest BCUT2D eigenvalue weighted by molar-refractivity contribution is 9.08. The van der Waals surface area contributed by atoms with Gasteiger partial charge < -0.3 is 0 Å². The third kappa shape index (κ3) is 4.23. The second-order valence-electron chi connectivity index (χ2n) is 4.99. The molecule has 1 aromatic carbocycles. The maximum absolute atomic E-state index is 12.3. The molecular formula is C14H20BrNO2S2. The van der Waals surface area contributed by atoms with Gasteiger partial charge in [0.05, 0.1) is 4.90 Å². The fourth-order valence-electron chi connectivity index (χ4n) is 2.48. The molecule has 112 valence electrons. The van der Waals surface area contributed by atoms with Gasteiger partial charge in [-0.3, -0.25) is 0 Å². The molecule has 0 aliphatic heterocycles. The van der Waals surface area contributed by atoms with Crippen LogP contribution < -0.4 is 4.72 Å². The van der Waals surface area contributed by atoms with Crippen LogP contribution in [0.3, 0.4) is 0 Å². The topological polar surface area (TPSA) is 46.2 Å². The lowest BCUT2D eigenvalue weighted by Crippen LogP contribution is -2.33. The summed E-state index contributed by atoms with van der Waals surface area (Å²) in [7, 11) is -3.38. The summed E-state index contributed by atoms with van der Waals surface area (Å²) in [5, 5.41) is 1.34. The normalized spacial score (nSPS) is 23.1. The quantitative estimate of drug-likeness (QED) is 0.771. The predicted octanol–water partition coefficient (Wildman–Crippen LogP) is 3.53. The van der Waals surface area contributed by atoms with Crippen LogP contribution in [0.2, 0.25) is 0 Å². The van der Waals surface area contributed by atoms with Gasteiger partial charge in [-0.05, 0) is 42.7 Å². The molecule has 1 N–H and O–H groups in total. The first-order valence-corrected chi connectivity index (χ1v) is 10.5. The number of nitrogens with one attached hydrogen (secondary N) is 1. The van der Waals surface area contributed by atoms with Crippen LogP contribution >= 0.6 is 27.7 Å². The van der Waals surface area contributed by atoms with Gasteiger partial charge in [0.1, 0.15) is 0 Å². The number of halogens is 1. The van der Waals surface area contributed by atoms with Crippen LogP contribution in [0.15, 0.2) is 29.2 Å². The van der Waals surface area contributed by atoms with Crippen molar-refractivity contribution in [2.24, 2.45) is 0 Å². The zero-order valence-corrected chi connectivity index (χ0v) is 14.7. The van der Waals surface area contributed by atoms with Gasteiger partial charge in [-0.1, -0.05) is 35.0 Å². The Hall–Kier alpha value is -0.0400. The van der Waals surface area contributed by atoms with E-state index in [9.17, 15) is 8.42 Å². The Bertz CT molecular complexity index is 531. The maximum Gasteiger partial charge on any atom is 0.240 e. The van der Waals surface area contributed by atoms with Crippen molar-refractivity contribution in [2.75, 3.05) is 5.75 Å². The van der Waals surface area contributed by atoms with E-state index in [2.05, 4.69) is 27.6 Å². The van der Waals surface area contributed by atoms with Crippen molar-refractivity contribution in [3.63, 3.8) is 0 Å². The van der Waals surface area contributed by atoms with Crippen LogP contribution in [0.4, 0.5) is 0 Å². The Morgan fingerprint density at radius 2 is 2.00 bits per heavy atom. The van der Waals surface area contributed by atoms with Crippen LogP contribution in [-0.2, 0) is 15.4 Å². The molecule has 20 heavy (non-hydrogen) atoms. The van der Waals surface area contributed by atoms with Crippen molar-refractivity contribution in [3.05, 3.63) is 29.8 Å². The van der Waals surface area contributed by atoms with E-state index < -0.39 is 10.0 Å². The van der Waals surface area contributed by atoms with E-state index >= 15 is 0 Å². The van der Waals surface area contributed by atoms with E-state index in [1.54, 1.807) is 12.1 Å². The minimum absolute atomic E-state index is 0.0832. The summed E-state index contributed by atoms with van der Waals surface area (Å²) in [6, 6.07) is 7.11. The first-order valence-electron chi connectivity index (χ1n) is 6.84. The van der Waals surface area contributed by atoms with E-state index in [0.29, 0.717) is 10.1 Å². The lowest BCUT2D eigenvalue weighted by molar-refractivity contribution is 0.552. The van der Waals surface area contributed by atoms with Crippen molar-refractivity contribution in [3.8, 4) is 0 Å². The molecule has 0 amide bonds. The second kappa shape index (κ2) is 7.29. The van der Waals surface area contributed by atoms with Gasteiger partial charge in [0.2, 0.25) is 10.0 Å². The molecule has 2 rings (SSSR count). The number of alkyl halides is 1. The summed E-state index contributed by atoms with van der Waals surface area (Å²) >= 11 is 5.29. The van der Waals surface area contributed by atoms with Crippen LogP contribution in [0, 0.1) is 0 Å². The van der Waals surface area contributed by atoms with Crippen molar-refractivity contribution in [1.82, 2.24) is 4.72 Å². The van der Waals surface area contributed by atoms with Gasteiger partial charge in [-0.2, -0.15) is 11.8 Å². The highest BCUT2D eigenvalue weighted by Gasteiger charge is 2.28. The van der Waals surface area contributed by atoms with Crippen LogP contribution in [0.1, 0.15) is 31.7 Å². The van der Waals surface area contributed by atoms with E-state index in [4.69, 9.17) is 0 Å². The fourth-order valence-corrected chi connectivity index (χ4v) is 5.28. The van der Waals surface area contributed by atoms with E-state index in [-0.39, 0.29) is 6.04 Å². The molecule has 1 aliphatic carbocycles. The van der Waals surface area contributed by atoms with Gasteiger partial charge in [0.25, 0.3) is 0 Å². The third-order valence-corrected chi connectivity index (χ3v) is 6.91. The lowest BCUT2D eigenvalue weighted by Gasteiger charge is -2.13. The first kappa shape index (κ1) is 16.3. The molecule has 0 saturated heterocycles. The average Bonchev–Trinajstić information content (AvgIpc) is 2.86. The highest BCUT2D eigenvalue weighted by atomic mass is 79.9. The molecule has 0 bridgehead atoms. The third-order valence-electron chi connectivity index (χ3n) is 3.50. The molecule has 0 heterocycles. The molecule has 6 heteroatoms. The van der Waals surface area contributed by atoms with Crippen LogP contribution in [0.5, 0.6) is 0 Å². The number of rotatable bonds is 6. The Kier molecular flexibility index (Phi) is 5.95. The van der Waals surface area contributed by atoms with Crippen LogP contribution in [-0.4, -0.2) is 25.5 Å². The van der Waals surface area contributed by atoms with E-state index in [0.717, 1.165) is 35.9 Å². The Morgan fingerprint density at radius 1 is 1.30 bits per heavy atom. The SMILES string of the molecule is CCSC1CCC(NS(=O)(=O)c2ccc(CBr)cc2)C1. The molecule has 2 atom stereocenters. The molecular weight excluding hydrogens is 358 g/mol. The largest absolute Gasteiger partial charge is 0.240 e. The van der Waals surface area contributed by atoms with Gasteiger partial charge in [0, 0.05) is 16.6 Å². The number of thioether (sulfide) groups is 1. The van der Waals surface area contributed by atoms with Gasteiger partial charge in [-0.25, -0.2) is 13.1 Å². The molecule has 2 unspecified atom stereocenters. The monoisotopic (exact) mass is 377 g/mol. The van der Waals surface area contributed by atoms with Crippen molar-refractivity contribution >= 4 is 37.7 Å². The summed E-state index contributed by atoms with van der Waals surface area (Å²) < 4.78 is 27.5. The molecule has 1 saturated carbocycles. The molecule has 1 fully saturated rings. The predicted molar refractivity (Wildman–Crippen MR) is 89.0 cm³/mol. The van der Waals surface area contributed by atoms with E-state index in [1.807, 2.05) is 23.9 Å². The summed E-state index contributed by atoms with van der Waals surface area (Å²) in [6.07, 6.45) is 2.99. The van der Waals surface area contributed by atoms with Gasteiger partial charge in [-0.15, -0.1) is 0 Å². The van der Waals surface area contributed by atoms with Crippen molar-refractivity contribution in [2.45, 2.75) is 47.7 Å². The molecule has 0 spiro atoms. The average molecular weight is 378 g/mol. The summed E-state index contributed by atoms with van der Waals surface area (Å²) in [4.78, 5) is 0.355. The number of sulfonamides is 1. The Morgan fingerprint density at radius 3 is 2.60 bits per heavy atom. The van der Waals surface area contributed by atoms with E-state index in [1.165, 1.54) is 0 Å². The standard InChI is InChI=1S/C14H20BrNO2S2/c1-2-19-13-6-5-12(9-13)16-20(17,18)14-7-3-11(10-15)4-8-14/h3-4,7-8,12-13,16H,2,5-6,9-10H2,1H3. The number of benzene rings is 1. The van der Waals surface area contributed by atoms with Crippen molar-refractivity contribution in [1.29, 1.82) is 0 Å². The van der Waals surface area contributed by atoms with Gasteiger partial charge >= 0.3 is 0 Å². The molecule has 0 radical (unpaired) electrons. The van der Waals surface area contributed by atoms with Gasteiger partial charge in [0.15, 0.2) is 0 Å². The fraction of sp³-hybridized carbons (Fsp3) is 0.571. The zero-order valence-electron chi connectivity index (χ0n) is 11.5. The lowest BCUT2D eigenvalue weighted by atomic mass is 10.2. The Labute approximate surface area is 134 Å². The Balaban J connectivity index is 2.00.